The van der Waals surface area contributed by atoms with Crippen molar-refractivity contribution in [3.63, 3.8) is 0 Å². The first-order chi connectivity index (χ1) is 8.15. The molecule has 0 aliphatic heterocycles. The predicted octanol–water partition coefficient (Wildman–Crippen LogP) is 2.47. The molecule has 0 aliphatic carbocycles. The van der Waals surface area contributed by atoms with Gasteiger partial charge in [-0.1, -0.05) is 0 Å². The van der Waals surface area contributed by atoms with E-state index in [2.05, 4.69) is 37.9 Å². The number of halogens is 2. The van der Waals surface area contributed by atoms with Crippen LogP contribution in [0.3, 0.4) is 0 Å². The minimum atomic E-state index is -0.478. The lowest BCUT2D eigenvalue weighted by Gasteiger charge is -2.03. The highest BCUT2D eigenvalue weighted by Crippen LogP contribution is 2.08. The number of hydrogen-bond acceptors (Lipinski definition) is 3. The number of rotatable bonds is 2. The van der Waals surface area contributed by atoms with Crippen molar-refractivity contribution in [2.75, 3.05) is 5.32 Å². The second-order valence-corrected chi connectivity index (χ2v) is 4.42. The van der Waals surface area contributed by atoms with Crippen LogP contribution in [-0.4, -0.2) is 15.9 Å². The Bertz CT molecular complexity index is 527. The zero-order valence-corrected chi connectivity index (χ0v) is 10.7. The van der Waals surface area contributed by atoms with Crippen LogP contribution in [0.25, 0.3) is 0 Å². The van der Waals surface area contributed by atoms with Gasteiger partial charge >= 0.3 is 0 Å². The van der Waals surface area contributed by atoms with Crippen molar-refractivity contribution in [1.82, 2.24) is 9.97 Å². The number of amides is 1. The van der Waals surface area contributed by atoms with Crippen LogP contribution in [0.4, 0.5) is 10.2 Å². The van der Waals surface area contributed by atoms with E-state index in [0.29, 0.717) is 5.82 Å². The average Bonchev–Trinajstić information content (AvgIpc) is 2.33. The highest BCUT2D eigenvalue weighted by atomic mass is 127. The lowest BCUT2D eigenvalue weighted by atomic mass is 10.3. The predicted molar refractivity (Wildman–Crippen MR) is 69.1 cm³/mol. The number of carbonyl (C=O) groups is 1. The number of aromatic nitrogens is 2. The first-order valence-corrected chi connectivity index (χ1v) is 5.77. The standard InChI is InChI=1S/C11H7FIN3O/c12-7-1-3-9(14-5-7)11(17)16-10-4-2-8(13)6-15-10/h1-6H,(H,15,16,17). The van der Waals surface area contributed by atoms with E-state index in [0.717, 1.165) is 9.77 Å². The summed E-state index contributed by atoms with van der Waals surface area (Å²) in [4.78, 5) is 19.4. The van der Waals surface area contributed by atoms with Crippen molar-refractivity contribution in [1.29, 1.82) is 0 Å². The molecule has 2 aromatic rings. The Kier molecular flexibility index (Phi) is 3.62. The summed E-state index contributed by atoms with van der Waals surface area (Å²) >= 11 is 2.12. The normalized spacial score (nSPS) is 10.0. The molecule has 86 valence electrons. The second-order valence-electron chi connectivity index (χ2n) is 3.18. The number of hydrogen-bond donors (Lipinski definition) is 1. The SMILES string of the molecule is O=C(Nc1ccc(I)cn1)c1ccc(F)cn1. The lowest BCUT2D eigenvalue weighted by Crippen LogP contribution is -2.14. The molecule has 0 spiro atoms. The van der Waals surface area contributed by atoms with Gasteiger partial charge in [0.25, 0.3) is 5.91 Å². The smallest absolute Gasteiger partial charge is 0.275 e. The number of pyridine rings is 2. The maximum atomic E-state index is 12.6. The molecule has 0 fully saturated rings. The molecule has 0 radical (unpaired) electrons. The summed E-state index contributed by atoms with van der Waals surface area (Å²) in [7, 11) is 0. The lowest BCUT2D eigenvalue weighted by molar-refractivity contribution is 0.102. The monoisotopic (exact) mass is 343 g/mol. The van der Waals surface area contributed by atoms with Crippen LogP contribution in [-0.2, 0) is 0 Å². The molecule has 1 amide bonds. The largest absolute Gasteiger partial charge is 0.305 e. The number of carbonyl (C=O) groups excluding carboxylic acids is 1. The molecule has 0 saturated heterocycles. The van der Waals surface area contributed by atoms with Gasteiger partial charge in [0.15, 0.2) is 0 Å². The van der Waals surface area contributed by atoms with Crippen molar-refractivity contribution in [3.05, 3.63) is 51.7 Å². The fourth-order valence-corrected chi connectivity index (χ4v) is 1.46. The maximum absolute atomic E-state index is 12.6. The number of anilines is 1. The minimum absolute atomic E-state index is 0.145. The van der Waals surface area contributed by atoms with E-state index in [1.807, 2.05) is 6.07 Å². The summed E-state index contributed by atoms with van der Waals surface area (Å²) in [5, 5.41) is 2.57. The molecular weight excluding hydrogens is 336 g/mol. The van der Waals surface area contributed by atoms with Crippen LogP contribution in [0.2, 0.25) is 0 Å². The van der Waals surface area contributed by atoms with Gasteiger partial charge in [-0.2, -0.15) is 0 Å². The summed E-state index contributed by atoms with van der Waals surface area (Å²) in [6, 6.07) is 6.01. The molecule has 0 aliphatic rings. The molecule has 6 heteroatoms. The highest BCUT2D eigenvalue weighted by molar-refractivity contribution is 14.1. The van der Waals surface area contributed by atoms with Crippen molar-refractivity contribution in [2.45, 2.75) is 0 Å². The number of nitrogens with one attached hydrogen (secondary N) is 1. The Morgan fingerprint density at radius 1 is 1.18 bits per heavy atom. The van der Waals surface area contributed by atoms with Crippen LogP contribution < -0.4 is 5.32 Å². The summed E-state index contributed by atoms with van der Waals surface area (Å²) in [5.74, 6) is -0.464. The van der Waals surface area contributed by atoms with E-state index in [1.54, 1.807) is 12.3 Å². The molecule has 2 rings (SSSR count). The summed E-state index contributed by atoms with van der Waals surface area (Å²) in [5.41, 5.74) is 0.145. The van der Waals surface area contributed by atoms with E-state index >= 15 is 0 Å². The molecule has 0 atom stereocenters. The Labute approximate surface area is 110 Å². The fraction of sp³-hybridized carbons (Fsp3) is 0. The van der Waals surface area contributed by atoms with E-state index < -0.39 is 11.7 Å². The Morgan fingerprint density at radius 2 is 2.00 bits per heavy atom. The minimum Gasteiger partial charge on any atom is -0.305 e. The van der Waals surface area contributed by atoms with E-state index in [-0.39, 0.29) is 5.69 Å². The molecule has 2 heterocycles. The number of nitrogens with zero attached hydrogens (tertiary/aromatic N) is 2. The van der Waals surface area contributed by atoms with Crippen molar-refractivity contribution in [2.24, 2.45) is 0 Å². The fourth-order valence-electron chi connectivity index (χ4n) is 1.14. The average molecular weight is 343 g/mol. The van der Waals surface area contributed by atoms with Gasteiger partial charge in [0, 0.05) is 9.77 Å². The Balaban J connectivity index is 2.11. The first kappa shape index (κ1) is 11.9. The van der Waals surface area contributed by atoms with Crippen LogP contribution in [0.1, 0.15) is 10.5 Å². The summed E-state index contributed by atoms with van der Waals surface area (Å²) in [6.45, 7) is 0. The molecule has 1 N–H and O–H groups in total. The van der Waals surface area contributed by atoms with Crippen LogP contribution >= 0.6 is 22.6 Å². The molecule has 0 bridgehead atoms. The molecular formula is C11H7FIN3O. The van der Waals surface area contributed by atoms with E-state index in [9.17, 15) is 9.18 Å². The summed E-state index contributed by atoms with van der Waals surface area (Å²) < 4.78 is 13.6. The molecule has 0 unspecified atom stereocenters. The quantitative estimate of drug-likeness (QED) is 0.853. The van der Waals surface area contributed by atoms with Gasteiger partial charge in [-0.05, 0) is 46.9 Å². The third-order valence-corrected chi connectivity index (χ3v) is 2.57. The second kappa shape index (κ2) is 5.17. The summed E-state index contributed by atoms with van der Waals surface area (Å²) in [6.07, 6.45) is 2.63. The third-order valence-electron chi connectivity index (χ3n) is 1.93. The van der Waals surface area contributed by atoms with Gasteiger partial charge in [0.2, 0.25) is 0 Å². The Morgan fingerprint density at radius 3 is 2.59 bits per heavy atom. The zero-order valence-electron chi connectivity index (χ0n) is 8.52. The topological polar surface area (TPSA) is 54.9 Å². The molecule has 0 saturated carbocycles. The first-order valence-electron chi connectivity index (χ1n) is 4.69. The van der Waals surface area contributed by atoms with Gasteiger partial charge in [0.1, 0.15) is 17.3 Å². The van der Waals surface area contributed by atoms with E-state index in [1.165, 1.54) is 12.1 Å². The molecule has 4 nitrogen and oxygen atoms in total. The van der Waals surface area contributed by atoms with Gasteiger partial charge in [-0.25, -0.2) is 14.4 Å². The highest BCUT2D eigenvalue weighted by Gasteiger charge is 2.07. The zero-order chi connectivity index (χ0) is 12.3. The van der Waals surface area contributed by atoms with Crippen molar-refractivity contribution >= 4 is 34.3 Å². The van der Waals surface area contributed by atoms with Crippen molar-refractivity contribution < 1.29 is 9.18 Å². The molecule has 0 aromatic carbocycles. The van der Waals surface area contributed by atoms with Crippen LogP contribution in [0.5, 0.6) is 0 Å². The Hall–Kier alpha value is -1.57. The van der Waals surface area contributed by atoms with E-state index in [4.69, 9.17) is 0 Å². The third kappa shape index (κ3) is 3.19. The van der Waals surface area contributed by atoms with Gasteiger partial charge in [-0.3, -0.25) is 4.79 Å². The van der Waals surface area contributed by atoms with Gasteiger partial charge in [0.05, 0.1) is 6.20 Å². The van der Waals surface area contributed by atoms with Crippen LogP contribution in [0.15, 0.2) is 36.7 Å². The molecule has 2 aromatic heterocycles. The van der Waals surface area contributed by atoms with Crippen LogP contribution in [0, 0.1) is 9.39 Å². The molecule has 17 heavy (non-hydrogen) atoms. The van der Waals surface area contributed by atoms with Crippen molar-refractivity contribution in [3.8, 4) is 0 Å². The van der Waals surface area contributed by atoms with Gasteiger partial charge < -0.3 is 5.32 Å². The maximum Gasteiger partial charge on any atom is 0.275 e. The van der Waals surface area contributed by atoms with Gasteiger partial charge in [-0.15, -0.1) is 0 Å².